The predicted molar refractivity (Wildman–Crippen MR) is 89.4 cm³/mol. The Balaban J connectivity index is 1.97. The Labute approximate surface area is 137 Å². The van der Waals surface area contributed by atoms with E-state index in [1.165, 1.54) is 16.7 Å². The molecule has 3 atom stereocenters. The molecule has 1 fully saturated rings. The number of rotatable bonds is 6. The minimum Gasteiger partial charge on any atom is -0.512 e. The number of hydrogen-bond acceptors (Lipinski definition) is 3. The minimum atomic E-state index is -0.927. The highest BCUT2D eigenvalue weighted by Crippen LogP contribution is 2.38. The molecule has 3 N–H and O–H groups in total. The molecule has 0 unspecified atom stereocenters. The van der Waals surface area contributed by atoms with Crippen molar-refractivity contribution in [1.29, 1.82) is 0 Å². The summed E-state index contributed by atoms with van der Waals surface area (Å²) in [5, 5.41) is 29.2. The standard InChI is InChI=1S/C19H26O4/c1-12-8-13(2)10-14(9-12)4-3-5-17(20)15-6-7-18(21)16(15)11-19(22)23/h5,8-10,15-16,18,20-21H,3-4,6-7,11H2,1-2H3,(H,22,23)/t15-,16+,18-/m0/s1. The second-order valence-corrected chi connectivity index (χ2v) is 6.68. The van der Waals surface area contributed by atoms with Crippen LogP contribution in [0, 0.1) is 25.7 Å². The van der Waals surface area contributed by atoms with Crippen LogP contribution < -0.4 is 0 Å². The molecule has 0 amide bonds. The molecule has 4 nitrogen and oxygen atoms in total. The number of carbonyl (C=O) groups is 1. The molecular weight excluding hydrogens is 292 g/mol. The summed E-state index contributed by atoms with van der Waals surface area (Å²) in [6, 6.07) is 6.42. The fraction of sp³-hybridized carbons (Fsp3) is 0.526. The quantitative estimate of drug-likeness (QED) is 0.701. The number of aliphatic hydroxyl groups is 2. The van der Waals surface area contributed by atoms with Crippen LogP contribution in [0.15, 0.2) is 30.0 Å². The SMILES string of the molecule is Cc1cc(C)cc(CCC=C(O)[C@H]2CC[C@H](O)[C@@H]2CC(=O)O)c1. The van der Waals surface area contributed by atoms with Gasteiger partial charge in [0.2, 0.25) is 0 Å². The van der Waals surface area contributed by atoms with Crippen molar-refractivity contribution in [2.24, 2.45) is 11.8 Å². The zero-order valence-electron chi connectivity index (χ0n) is 13.8. The highest BCUT2D eigenvalue weighted by molar-refractivity contribution is 5.67. The second-order valence-electron chi connectivity index (χ2n) is 6.68. The third-order valence-electron chi connectivity index (χ3n) is 4.64. The van der Waals surface area contributed by atoms with E-state index in [9.17, 15) is 15.0 Å². The van der Waals surface area contributed by atoms with E-state index < -0.39 is 12.1 Å². The van der Waals surface area contributed by atoms with E-state index in [2.05, 4.69) is 32.0 Å². The lowest BCUT2D eigenvalue weighted by Crippen LogP contribution is -2.23. The molecule has 2 rings (SSSR count). The van der Waals surface area contributed by atoms with Gasteiger partial charge in [0.25, 0.3) is 0 Å². The number of allylic oxidation sites excluding steroid dienone is 2. The summed E-state index contributed by atoms with van der Waals surface area (Å²) >= 11 is 0. The first-order chi connectivity index (χ1) is 10.9. The van der Waals surface area contributed by atoms with Crippen molar-refractivity contribution in [3.63, 3.8) is 0 Å². The zero-order chi connectivity index (χ0) is 17.0. The monoisotopic (exact) mass is 318 g/mol. The average Bonchev–Trinajstić information content (AvgIpc) is 2.78. The largest absolute Gasteiger partial charge is 0.512 e. The maximum Gasteiger partial charge on any atom is 0.303 e. The van der Waals surface area contributed by atoms with Gasteiger partial charge in [-0.05, 0) is 51.2 Å². The van der Waals surface area contributed by atoms with Gasteiger partial charge in [0.05, 0.1) is 18.3 Å². The van der Waals surface area contributed by atoms with Crippen molar-refractivity contribution in [1.82, 2.24) is 0 Å². The van der Waals surface area contributed by atoms with E-state index in [0.717, 1.165) is 6.42 Å². The van der Waals surface area contributed by atoms with Crippen LogP contribution in [0.25, 0.3) is 0 Å². The average molecular weight is 318 g/mol. The smallest absolute Gasteiger partial charge is 0.303 e. The molecule has 0 saturated heterocycles. The first-order valence-corrected chi connectivity index (χ1v) is 8.23. The Hall–Kier alpha value is -1.81. The van der Waals surface area contributed by atoms with E-state index in [-0.39, 0.29) is 24.0 Å². The van der Waals surface area contributed by atoms with Gasteiger partial charge in [-0.1, -0.05) is 29.3 Å². The summed E-state index contributed by atoms with van der Waals surface area (Å²) in [4.78, 5) is 10.9. The van der Waals surface area contributed by atoms with Crippen molar-refractivity contribution in [3.8, 4) is 0 Å². The van der Waals surface area contributed by atoms with Crippen LogP contribution in [0.3, 0.4) is 0 Å². The molecule has 1 aromatic rings. The number of aliphatic hydroxyl groups excluding tert-OH is 2. The van der Waals surface area contributed by atoms with Gasteiger partial charge in [0.15, 0.2) is 0 Å². The lowest BCUT2D eigenvalue weighted by atomic mass is 9.89. The van der Waals surface area contributed by atoms with Crippen molar-refractivity contribution < 1.29 is 20.1 Å². The van der Waals surface area contributed by atoms with Crippen LogP contribution in [0.4, 0.5) is 0 Å². The third kappa shape index (κ3) is 4.83. The van der Waals surface area contributed by atoms with Crippen molar-refractivity contribution >= 4 is 5.97 Å². The molecule has 0 spiro atoms. The molecule has 1 aliphatic carbocycles. The van der Waals surface area contributed by atoms with Crippen molar-refractivity contribution in [3.05, 3.63) is 46.7 Å². The van der Waals surface area contributed by atoms with E-state index in [4.69, 9.17) is 5.11 Å². The molecule has 0 radical (unpaired) electrons. The van der Waals surface area contributed by atoms with Crippen LogP contribution >= 0.6 is 0 Å². The lowest BCUT2D eigenvalue weighted by molar-refractivity contribution is -0.139. The van der Waals surface area contributed by atoms with Gasteiger partial charge in [0, 0.05) is 11.8 Å². The molecule has 126 valence electrons. The lowest BCUT2D eigenvalue weighted by Gasteiger charge is -2.19. The number of benzene rings is 1. The number of carboxylic acids is 1. The Kier molecular flexibility index (Phi) is 5.83. The van der Waals surface area contributed by atoms with Crippen molar-refractivity contribution in [2.45, 2.75) is 52.1 Å². The zero-order valence-corrected chi connectivity index (χ0v) is 13.8. The van der Waals surface area contributed by atoms with E-state index in [1.54, 1.807) is 6.08 Å². The fourth-order valence-corrected chi connectivity index (χ4v) is 3.65. The first-order valence-electron chi connectivity index (χ1n) is 8.23. The van der Waals surface area contributed by atoms with E-state index >= 15 is 0 Å². The second kappa shape index (κ2) is 7.64. The normalized spacial score (nSPS) is 24.8. The predicted octanol–water partition coefficient (Wildman–Crippen LogP) is 3.54. The number of aliphatic carboxylic acids is 1. The van der Waals surface area contributed by atoms with Crippen LogP contribution in [0.5, 0.6) is 0 Å². The summed E-state index contributed by atoms with van der Waals surface area (Å²) in [5.74, 6) is -1.31. The summed E-state index contributed by atoms with van der Waals surface area (Å²) in [5.41, 5.74) is 3.70. The van der Waals surface area contributed by atoms with Crippen LogP contribution in [-0.2, 0) is 11.2 Å². The molecule has 4 heteroatoms. The van der Waals surface area contributed by atoms with Gasteiger partial charge >= 0.3 is 5.97 Å². The molecule has 1 aromatic carbocycles. The van der Waals surface area contributed by atoms with Crippen LogP contribution in [-0.4, -0.2) is 27.4 Å². The van der Waals surface area contributed by atoms with Gasteiger partial charge in [0.1, 0.15) is 0 Å². The Morgan fingerprint density at radius 3 is 2.43 bits per heavy atom. The van der Waals surface area contributed by atoms with Gasteiger partial charge in [-0.2, -0.15) is 0 Å². The molecule has 1 aliphatic rings. The topological polar surface area (TPSA) is 77.8 Å². The third-order valence-corrected chi connectivity index (χ3v) is 4.64. The summed E-state index contributed by atoms with van der Waals surface area (Å²) < 4.78 is 0. The van der Waals surface area contributed by atoms with Crippen LogP contribution in [0.1, 0.15) is 42.4 Å². The minimum absolute atomic E-state index is 0.0964. The Morgan fingerprint density at radius 1 is 1.17 bits per heavy atom. The highest BCUT2D eigenvalue weighted by atomic mass is 16.4. The first kappa shape index (κ1) is 17.5. The highest BCUT2D eigenvalue weighted by Gasteiger charge is 2.38. The molecule has 0 aliphatic heterocycles. The van der Waals surface area contributed by atoms with Gasteiger partial charge in [-0.25, -0.2) is 0 Å². The summed E-state index contributed by atoms with van der Waals surface area (Å²) in [6.07, 6.45) is 3.80. The molecule has 1 saturated carbocycles. The maximum atomic E-state index is 10.9. The van der Waals surface area contributed by atoms with Crippen molar-refractivity contribution in [2.75, 3.05) is 0 Å². The van der Waals surface area contributed by atoms with Gasteiger partial charge in [-0.3, -0.25) is 4.79 Å². The number of carboxylic acid groups (broad SMARTS) is 1. The Bertz CT molecular complexity index is 571. The van der Waals surface area contributed by atoms with E-state index in [0.29, 0.717) is 19.3 Å². The number of hydrogen-bond donors (Lipinski definition) is 3. The summed E-state index contributed by atoms with van der Waals surface area (Å²) in [6.45, 7) is 4.14. The molecule has 23 heavy (non-hydrogen) atoms. The molecule has 0 aromatic heterocycles. The van der Waals surface area contributed by atoms with E-state index in [1.807, 2.05) is 0 Å². The molecule has 0 bridgehead atoms. The number of aryl methyl sites for hydroxylation is 3. The van der Waals surface area contributed by atoms with Gasteiger partial charge < -0.3 is 15.3 Å². The Morgan fingerprint density at radius 2 is 1.83 bits per heavy atom. The molecular formula is C19H26O4. The maximum absolute atomic E-state index is 10.9. The molecule has 0 heterocycles. The van der Waals surface area contributed by atoms with Crippen LogP contribution in [0.2, 0.25) is 0 Å². The summed E-state index contributed by atoms with van der Waals surface area (Å²) in [7, 11) is 0. The fourth-order valence-electron chi connectivity index (χ4n) is 3.65. The van der Waals surface area contributed by atoms with Gasteiger partial charge in [-0.15, -0.1) is 0 Å².